The molecule has 43 heavy (non-hydrogen) atoms. The Morgan fingerprint density at radius 2 is 1.47 bits per heavy atom. The maximum Gasteiger partial charge on any atom is 0.241 e. The molecule has 4 amide bonds. The van der Waals surface area contributed by atoms with Crippen molar-refractivity contribution in [2.75, 3.05) is 4.90 Å². The van der Waals surface area contributed by atoms with E-state index < -0.39 is 29.1 Å². The summed E-state index contributed by atoms with van der Waals surface area (Å²) in [6.45, 7) is 5.76. The predicted octanol–water partition coefficient (Wildman–Crippen LogP) is 5.44. The fourth-order valence-corrected chi connectivity index (χ4v) is 8.36. The fourth-order valence-electron chi connectivity index (χ4n) is 8.36. The Bertz CT molecular complexity index is 1690. The van der Waals surface area contributed by atoms with Gasteiger partial charge in [-0.3, -0.25) is 24.1 Å². The van der Waals surface area contributed by atoms with Crippen molar-refractivity contribution in [3.05, 3.63) is 107 Å². The van der Waals surface area contributed by atoms with Crippen LogP contribution in [0.15, 0.2) is 84.4 Å². The van der Waals surface area contributed by atoms with Gasteiger partial charge in [0.2, 0.25) is 23.6 Å². The van der Waals surface area contributed by atoms with E-state index in [1.807, 2.05) is 69.3 Å². The molecule has 4 aliphatic rings. The maximum atomic E-state index is 14.5. The standard InChI is InChI=1S/C36H34N2O5/c1-20-16-23(17-21(2)31(20)39)30-25-14-15-26-29(34(42)37(32(26)40)19-22-10-6-4-7-11-22)27(25)18-28-33(41)38(35(43)36(28,30)3)24-12-8-5-9-13-24/h4-14,16-17,26-30,39H,15,18-19H2,1-3H3/t26-,27+,28-,29-,30-,36+/m0/s1. The van der Waals surface area contributed by atoms with E-state index in [0.717, 1.165) is 16.7 Å². The van der Waals surface area contributed by atoms with Crippen LogP contribution in [0.4, 0.5) is 5.69 Å². The quantitative estimate of drug-likeness (QED) is 0.331. The number of carbonyl (C=O) groups is 4. The van der Waals surface area contributed by atoms with E-state index in [0.29, 0.717) is 29.7 Å². The van der Waals surface area contributed by atoms with Crippen molar-refractivity contribution >= 4 is 29.3 Å². The Balaban J connectivity index is 1.36. The van der Waals surface area contributed by atoms with Crippen molar-refractivity contribution in [2.45, 2.75) is 46.1 Å². The van der Waals surface area contributed by atoms with Crippen molar-refractivity contribution in [3.63, 3.8) is 0 Å². The molecule has 6 atom stereocenters. The number of para-hydroxylation sites is 1. The summed E-state index contributed by atoms with van der Waals surface area (Å²) in [6, 6.07) is 22.3. The second-order valence-electron chi connectivity index (χ2n) is 12.7. The van der Waals surface area contributed by atoms with Gasteiger partial charge < -0.3 is 5.11 Å². The lowest BCUT2D eigenvalue weighted by Gasteiger charge is -2.49. The first-order valence-corrected chi connectivity index (χ1v) is 15.0. The summed E-state index contributed by atoms with van der Waals surface area (Å²) in [6.07, 6.45) is 2.79. The smallest absolute Gasteiger partial charge is 0.241 e. The summed E-state index contributed by atoms with van der Waals surface area (Å²) in [7, 11) is 0. The van der Waals surface area contributed by atoms with Crippen LogP contribution in [0.25, 0.3) is 0 Å². The number of nitrogens with zero attached hydrogens (tertiary/aromatic N) is 2. The molecule has 0 aromatic heterocycles. The van der Waals surface area contributed by atoms with E-state index in [4.69, 9.17) is 0 Å². The zero-order chi connectivity index (χ0) is 30.2. The summed E-state index contributed by atoms with van der Waals surface area (Å²) in [5.74, 6) is -3.31. The van der Waals surface area contributed by atoms with Crippen molar-refractivity contribution in [3.8, 4) is 5.75 Å². The molecule has 2 aliphatic carbocycles. The lowest BCUT2D eigenvalue weighted by molar-refractivity contribution is -0.141. The van der Waals surface area contributed by atoms with Gasteiger partial charge in [-0.1, -0.05) is 72.3 Å². The van der Waals surface area contributed by atoms with Gasteiger partial charge >= 0.3 is 0 Å². The molecular formula is C36H34N2O5. The first-order valence-electron chi connectivity index (χ1n) is 15.0. The molecule has 0 unspecified atom stereocenters. The highest BCUT2D eigenvalue weighted by atomic mass is 16.3. The molecule has 7 heteroatoms. The van der Waals surface area contributed by atoms with Gasteiger partial charge in [0.05, 0.1) is 35.4 Å². The second-order valence-corrected chi connectivity index (χ2v) is 12.7. The molecule has 1 N–H and O–H groups in total. The number of phenolic OH excluding ortho intramolecular Hbond substituents is 1. The van der Waals surface area contributed by atoms with Crippen LogP contribution in [-0.4, -0.2) is 33.6 Å². The number of likely N-dealkylation sites (tertiary alicyclic amines) is 1. The van der Waals surface area contributed by atoms with Crippen molar-refractivity contribution in [1.82, 2.24) is 4.90 Å². The van der Waals surface area contributed by atoms with E-state index in [-0.39, 0.29) is 41.8 Å². The van der Waals surface area contributed by atoms with Gasteiger partial charge in [-0.15, -0.1) is 0 Å². The number of amides is 4. The molecule has 3 aromatic rings. The van der Waals surface area contributed by atoms with Crippen LogP contribution in [0, 0.1) is 42.9 Å². The molecule has 7 nitrogen and oxygen atoms in total. The largest absolute Gasteiger partial charge is 0.507 e. The monoisotopic (exact) mass is 574 g/mol. The number of carbonyl (C=O) groups excluding carboxylic acids is 4. The van der Waals surface area contributed by atoms with Crippen LogP contribution in [0.3, 0.4) is 0 Å². The zero-order valence-corrected chi connectivity index (χ0v) is 24.5. The average Bonchev–Trinajstić information content (AvgIpc) is 3.36. The van der Waals surface area contributed by atoms with Crippen molar-refractivity contribution in [1.29, 1.82) is 0 Å². The molecule has 2 aliphatic heterocycles. The Morgan fingerprint density at radius 3 is 2.12 bits per heavy atom. The predicted molar refractivity (Wildman–Crippen MR) is 161 cm³/mol. The Hall–Kier alpha value is -4.52. The van der Waals surface area contributed by atoms with Gasteiger partial charge in [0.1, 0.15) is 5.75 Å². The summed E-state index contributed by atoms with van der Waals surface area (Å²) >= 11 is 0. The summed E-state index contributed by atoms with van der Waals surface area (Å²) < 4.78 is 0. The van der Waals surface area contributed by atoms with Gasteiger partial charge in [-0.2, -0.15) is 0 Å². The number of aryl methyl sites for hydroxylation is 2. The molecule has 2 heterocycles. The number of imide groups is 2. The molecule has 218 valence electrons. The fraction of sp³-hybridized carbons (Fsp3) is 0.333. The van der Waals surface area contributed by atoms with Gasteiger partial charge in [0, 0.05) is 5.92 Å². The van der Waals surface area contributed by atoms with Gasteiger partial charge in [0.25, 0.3) is 0 Å². The van der Waals surface area contributed by atoms with Crippen LogP contribution < -0.4 is 4.90 Å². The van der Waals surface area contributed by atoms with Crippen LogP contribution in [0.1, 0.15) is 47.9 Å². The topological polar surface area (TPSA) is 95.0 Å². The summed E-state index contributed by atoms with van der Waals surface area (Å²) in [4.78, 5) is 59.2. The first kappa shape index (κ1) is 27.3. The Morgan fingerprint density at radius 1 is 0.837 bits per heavy atom. The molecule has 1 saturated carbocycles. The Labute approximate surface area is 250 Å². The molecular weight excluding hydrogens is 540 g/mol. The van der Waals surface area contributed by atoms with E-state index in [2.05, 4.69) is 6.08 Å². The van der Waals surface area contributed by atoms with E-state index in [1.165, 1.54) is 9.80 Å². The highest BCUT2D eigenvalue weighted by Gasteiger charge is 2.67. The minimum atomic E-state index is -1.10. The molecule has 3 aromatic carbocycles. The van der Waals surface area contributed by atoms with Gasteiger partial charge in [0.15, 0.2) is 0 Å². The van der Waals surface area contributed by atoms with E-state index >= 15 is 0 Å². The molecule has 0 spiro atoms. The maximum absolute atomic E-state index is 14.5. The number of fused-ring (bicyclic) bond motifs is 4. The molecule has 7 rings (SSSR count). The Kier molecular flexibility index (Phi) is 6.20. The number of allylic oxidation sites excluding steroid dienone is 2. The molecule has 3 fully saturated rings. The van der Waals surface area contributed by atoms with E-state index in [9.17, 15) is 24.3 Å². The lowest BCUT2D eigenvalue weighted by atomic mass is 9.51. The number of rotatable bonds is 4. The normalized spacial score (nSPS) is 29.8. The molecule has 2 saturated heterocycles. The number of aromatic hydroxyl groups is 1. The number of benzene rings is 3. The third-order valence-corrected chi connectivity index (χ3v) is 10.4. The molecule has 0 radical (unpaired) electrons. The second kappa shape index (κ2) is 9.76. The van der Waals surface area contributed by atoms with Crippen LogP contribution in [0.2, 0.25) is 0 Å². The number of hydrogen-bond donors (Lipinski definition) is 1. The van der Waals surface area contributed by atoms with Crippen LogP contribution >= 0.6 is 0 Å². The van der Waals surface area contributed by atoms with E-state index in [1.54, 1.807) is 24.3 Å². The summed E-state index contributed by atoms with van der Waals surface area (Å²) in [5, 5.41) is 10.6. The number of hydrogen-bond acceptors (Lipinski definition) is 5. The lowest BCUT2D eigenvalue weighted by Crippen LogP contribution is -2.48. The van der Waals surface area contributed by atoms with Crippen molar-refractivity contribution < 1.29 is 24.3 Å². The minimum Gasteiger partial charge on any atom is -0.507 e. The number of phenols is 1. The SMILES string of the molecule is Cc1cc([C@H]2C3=CC[C@@H]4C(=O)N(Cc5ccccc5)C(=O)[C@@H]4[C@@H]3C[C@H]3C(=O)N(c4ccccc4)C(=O)[C@@]23C)cc(C)c1O. The first-order chi connectivity index (χ1) is 20.6. The third-order valence-electron chi connectivity index (χ3n) is 10.4. The minimum absolute atomic E-state index is 0.171. The summed E-state index contributed by atoms with van der Waals surface area (Å²) in [5.41, 5.74) is 3.46. The highest BCUT2D eigenvalue weighted by molar-refractivity contribution is 6.24. The molecule has 0 bridgehead atoms. The van der Waals surface area contributed by atoms with Crippen molar-refractivity contribution in [2.24, 2.45) is 29.1 Å². The van der Waals surface area contributed by atoms with Crippen LogP contribution in [-0.2, 0) is 25.7 Å². The number of anilines is 1. The third kappa shape index (κ3) is 3.87. The van der Waals surface area contributed by atoms with Gasteiger partial charge in [-0.05, 0) is 73.9 Å². The van der Waals surface area contributed by atoms with Gasteiger partial charge in [-0.25, -0.2) is 4.90 Å². The zero-order valence-electron chi connectivity index (χ0n) is 24.5. The highest BCUT2D eigenvalue weighted by Crippen LogP contribution is 2.63. The average molecular weight is 575 g/mol. The van der Waals surface area contributed by atoms with Crippen LogP contribution in [0.5, 0.6) is 5.75 Å².